The number of halogens is 1. The molecular formula is C13H12FN3O2S2. The molecule has 1 aromatic carbocycles. The van der Waals surface area contributed by atoms with E-state index in [4.69, 9.17) is 18.0 Å². The minimum Gasteiger partial charge on any atom is -0.388 e. The minimum absolute atomic E-state index is 0.0637. The summed E-state index contributed by atoms with van der Waals surface area (Å²) in [4.78, 5) is 3.88. The van der Waals surface area contributed by atoms with Crippen LogP contribution < -0.4 is 10.5 Å². The number of nitrogens with zero attached hydrogens (tertiary/aromatic N) is 1. The van der Waals surface area contributed by atoms with Crippen LogP contribution >= 0.6 is 12.2 Å². The Morgan fingerprint density at radius 3 is 2.62 bits per heavy atom. The Morgan fingerprint density at radius 1 is 1.33 bits per heavy atom. The second kappa shape index (κ2) is 5.74. The summed E-state index contributed by atoms with van der Waals surface area (Å²) in [5, 5.41) is 0. The molecule has 0 spiro atoms. The summed E-state index contributed by atoms with van der Waals surface area (Å²) >= 11 is 4.74. The van der Waals surface area contributed by atoms with Gasteiger partial charge >= 0.3 is 0 Å². The Labute approximate surface area is 127 Å². The topological polar surface area (TPSA) is 85.1 Å². The predicted molar refractivity (Wildman–Crippen MR) is 82.1 cm³/mol. The SMILES string of the molecule is Cc1c(F)cccc1NS(=O)(=O)c1ccc(C(N)=S)nc1. The van der Waals surface area contributed by atoms with Crippen molar-refractivity contribution < 1.29 is 12.8 Å². The zero-order valence-corrected chi connectivity index (χ0v) is 12.6. The van der Waals surface area contributed by atoms with Gasteiger partial charge in [0.05, 0.1) is 11.4 Å². The number of benzene rings is 1. The van der Waals surface area contributed by atoms with Gasteiger partial charge in [0.1, 0.15) is 15.7 Å². The van der Waals surface area contributed by atoms with Crippen LogP contribution in [0.5, 0.6) is 0 Å². The van der Waals surface area contributed by atoms with Crippen LogP contribution in [0.3, 0.4) is 0 Å². The number of rotatable bonds is 4. The molecule has 0 aliphatic carbocycles. The number of pyridine rings is 1. The van der Waals surface area contributed by atoms with Crippen molar-refractivity contribution in [1.82, 2.24) is 4.98 Å². The molecule has 0 unspecified atom stereocenters. The lowest BCUT2D eigenvalue weighted by molar-refractivity contribution is 0.600. The summed E-state index contributed by atoms with van der Waals surface area (Å²) in [7, 11) is -3.86. The van der Waals surface area contributed by atoms with Crippen molar-refractivity contribution in [3.8, 4) is 0 Å². The van der Waals surface area contributed by atoms with Crippen molar-refractivity contribution in [3.05, 3.63) is 53.6 Å². The highest BCUT2D eigenvalue weighted by atomic mass is 32.2. The van der Waals surface area contributed by atoms with Crippen LogP contribution in [0.1, 0.15) is 11.3 Å². The summed E-state index contributed by atoms with van der Waals surface area (Å²) < 4.78 is 40.2. The maximum absolute atomic E-state index is 13.4. The van der Waals surface area contributed by atoms with Gasteiger partial charge < -0.3 is 5.73 Å². The van der Waals surface area contributed by atoms with Gasteiger partial charge in [0.2, 0.25) is 0 Å². The number of aromatic nitrogens is 1. The monoisotopic (exact) mass is 325 g/mol. The van der Waals surface area contributed by atoms with Gasteiger partial charge in [-0.1, -0.05) is 18.3 Å². The Kier molecular flexibility index (Phi) is 4.19. The largest absolute Gasteiger partial charge is 0.388 e. The van der Waals surface area contributed by atoms with E-state index in [1.165, 1.54) is 37.3 Å². The molecule has 0 aliphatic heterocycles. The summed E-state index contributed by atoms with van der Waals surface area (Å²) in [6.07, 6.45) is 1.14. The quantitative estimate of drug-likeness (QED) is 0.840. The summed E-state index contributed by atoms with van der Waals surface area (Å²) in [5.74, 6) is -0.489. The van der Waals surface area contributed by atoms with E-state index in [0.717, 1.165) is 6.20 Å². The Bertz CT molecular complexity index is 790. The number of sulfonamides is 1. The Balaban J connectivity index is 2.34. The van der Waals surface area contributed by atoms with Crippen molar-refractivity contribution in [2.45, 2.75) is 11.8 Å². The lowest BCUT2D eigenvalue weighted by Gasteiger charge is -2.11. The Morgan fingerprint density at radius 2 is 2.05 bits per heavy atom. The molecule has 5 nitrogen and oxygen atoms in total. The van der Waals surface area contributed by atoms with E-state index in [1.54, 1.807) is 0 Å². The summed E-state index contributed by atoms with van der Waals surface area (Å²) in [6, 6.07) is 6.90. The van der Waals surface area contributed by atoms with Crippen molar-refractivity contribution in [2.24, 2.45) is 5.73 Å². The van der Waals surface area contributed by atoms with E-state index >= 15 is 0 Å². The van der Waals surface area contributed by atoms with E-state index in [-0.39, 0.29) is 21.1 Å². The van der Waals surface area contributed by atoms with Crippen LogP contribution in [0.25, 0.3) is 0 Å². The number of anilines is 1. The van der Waals surface area contributed by atoms with Crippen LogP contribution in [0.2, 0.25) is 0 Å². The normalized spacial score (nSPS) is 11.1. The van der Waals surface area contributed by atoms with Crippen molar-refractivity contribution >= 4 is 32.9 Å². The number of nitrogens with one attached hydrogen (secondary N) is 1. The van der Waals surface area contributed by atoms with Gasteiger partial charge in [-0.25, -0.2) is 12.8 Å². The molecule has 0 saturated carbocycles. The first-order valence-electron chi connectivity index (χ1n) is 5.85. The number of hydrogen-bond donors (Lipinski definition) is 2. The van der Waals surface area contributed by atoms with Crippen LogP contribution in [-0.2, 0) is 10.0 Å². The summed E-state index contributed by atoms with van der Waals surface area (Å²) in [5.41, 5.74) is 6.11. The molecule has 0 atom stereocenters. The van der Waals surface area contributed by atoms with E-state index in [1.807, 2.05) is 0 Å². The van der Waals surface area contributed by atoms with Crippen molar-refractivity contribution in [2.75, 3.05) is 4.72 Å². The molecule has 0 bridgehead atoms. The summed E-state index contributed by atoms with van der Waals surface area (Å²) in [6.45, 7) is 1.49. The predicted octanol–water partition coefficient (Wildman–Crippen LogP) is 1.96. The average molecular weight is 325 g/mol. The van der Waals surface area contributed by atoms with Gasteiger partial charge in [-0.05, 0) is 31.2 Å². The standard InChI is InChI=1S/C13H12FN3O2S2/c1-8-10(14)3-2-4-11(8)17-21(18,19)9-5-6-12(13(15)20)16-7-9/h2-7,17H,1H3,(H2,15,20). The molecule has 3 N–H and O–H groups in total. The lowest BCUT2D eigenvalue weighted by atomic mass is 10.2. The molecule has 0 aliphatic rings. The van der Waals surface area contributed by atoms with E-state index in [2.05, 4.69) is 9.71 Å². The third kappa shape index (κ3) is 3.34. The molecule has 2 aromatic rings. The van der Waals surface area contributed by atoms with Crippen LogP contribution in [0.15, 0.2) is 41.4 Å². The smallest absolute Gasteiger partial charge is 0.263 e. The van der Waals surface area contributed by atoms with E-state index in [0.29, 0.717) is 5.69 Å². The number of hydrogen-bond acceptors (Lipinski definition) is 4. The first-order chi connectivity index (χ1) is 9.81. The zero-order chi connectivity index (χ0) is 15.6. The fourth-order valence-electron chi connectivity index (χ4n) is 1.61. The molecule has 0 radical (unpaired) electrons. The number of thiocarbonyl (C=S) groups is 1. The van der Waals surface area contributed by atoms with Crippen LogP contribution in [-0.4, -0.2) is 18.4 Å². The minimum atomic E-state index is -3.86. The van der Waals surface area contributed by atoms with Crippen molar-refractivity contribution in [3.63, 3.8) is 0 Å². The third-order valence-electron chi connectivity index (χ3n) is 2.81. The maximum atomic E-state index is 13.4. The molecular weight excluding hydrogens is 313 g/mol. The van der Waals surface area contributed by atoms with Crippen molar-refractivity contribution in [1.29, 1.82) is 0 Å². The molecule has 1 aromatic heterocycles. The molecule has 21 heavy (non-hydrogen) atoms. The van der Waals surface area contributed by atoms with Gasteiger partial charge in [-0.3, -0.25) is 9.71 Å². The molecule has 0 saturated heterocycles. The van der Waals surface area contributed by atoms with Crippen LogP contribution in [0.4, 0.5) is 10.1 Å². The molecule has 1 heterocycles. The molecule has 8 heteroatoms. The van der Waals surface area contributed by atoms with Gasteiger partial charge in [0.25, 0.3) is 10.0 Å². The first kappa shape index (κ1) is 15.3. The van der Waals surface area contributed by atoms with Gasteiger partial charge in [0, 0.05) is 11.8 Å². The third-order valence-corrected chi connectivity index (χ3v) is 4.37. The highest BCUT2D eigenvalue weighted by Crippen LogP contribution is 2.21. The molecule has 2 rings (SSSR count). The van der Waals surface area contributed by atoms with Gasteiger partial charge in [0.15, 0.2) is 0 Å². The number of nitrogens with two attached hydrogens (primary N) is 1. The molecule has 110 valence electrons. The van der Waals surface area contributed by atoms with E-state index in [9.17, 15) is 12.8 Å². The van der Waals surface area contributed by atoms with E-state index < -0.39 is 15.8 Å². The average Bonchev–Trinajstić information content (AvgIpc) is 2.44. The zero-order valence-electron chi connectivity index (χ0n) is 11.0. The lowest BCUT2D eigenvalue weighted by Crippen LogP contribution is -2.16. The van der Waals surface area contributed by atoms with Gasteiger partial charge in [-0.2, -0.15) is 0 Å². The second-order valence-electron chi connectivity index (χ2n) is 4.26. The molecule has 0 fully saturated rings. The first-order valence-corrected chi connectivity index (χ1v) is 7.74. The Hall–Kier alpha value is -2.06. The fraction of sp³-hybridized carbons (Fsp3) is 0.0769. The second-order valence-corrected chi connectivity index (χ2v) is 6.38. The van der Waals surface area contributed by atoms with Gasteiger partial charge in [-0.15, -0.1) is 0 Å². The van der Waals surface area contributed by atoms with Crippen LogP contribution in [0, 0.1) is 12.7 Å². The fourth-order valence-corrected chi connectivity index (χ4v) is 2.79. The maximum Gasteiger partial charge on any atom is 0.263 e. The highest BCUT2D eigenvalue weighted by Gasteiger charge is 2.17. The molecule has 0 amide bonds. The highest BCUT2D eigenvalue weighted by molar-refractivity contribution is 7.92.